The van der Waals surface area contributed by atoms with Crippen molar-refractivity contribution in [2.24, 2.45) is 0 Å². The van der Waals surface area contributed by atoms with Gasteiger partial charge in [0.2, 0.25) is 0 Å². The minimum absolute atomic E-state index is 0.0191. The maximum atomic E-state index is 13.1. The highest BCUT2D eigenvalue weighted by atomic mass is 79.9. The Bertz CT molecular complexity index is 684. The van der Waals surface area contributed by atoms with Crippen LogP contribution in [0.4, 0.5) is 8.78 Å². The smallest absolute Gasteiger partial charge is 0.168 e. The summed E-state index contributed by atoms with van der Waals surface area (Å²) in [5, 5.41) is 0. The molecule has 0 aromatic heterocycles. The van der Waals surface area contributed by atoms with Crippen molar-refractivity contribution in [3.05, 3.63) is 67.6 Å². The number of carbonyl (C=O) groups is 1. The Labute approximate surface area is 132 Å². The second-order valence-electron chi connectivity index (χ2n) is 4.43. The first kappa shape index (κ1) is 15.3. The Morgan fingerprint density at radius 3 is 2.40 bits per heavy atom. The van der Waals surface area contributed by atoms with E-state index in [0.29, 0.717) is 15.6 Å². The zero-order valence-corrected chi connectivity index (χ0v) is 13.7. The molecule has 104 valence electrons. The molecule has 2 aromatic carbocycles. The van der Waals surface area contributed by atoms with Gasteiger partial charge in [0.05, 0.1) is 0 Å². The summed E-state index contributed by atoms with van der Waals surface area (Å²) < 4.78 is 27.5. The summed E-state index contributed by atoms with van der Waals surface area (Å²) in [7, 11) is 0. The summed E-state index contributed by atoms with van der Waals surface area (Å²) in [4.78, 5) is 12.2. The third kappa shape index (κ3) is 3.33. The number of benzene rings is 2. The van der Waals surface area contributed by atoms with Gasteiger partial charge in [-0.15, -0.1) is 0 Å². The van der Waals surface area contributed by atoms with Crippen molar-refractivity contribution >= 4 is 37.6 Å². The molecule has 1 nitrogen and oxygen atoms in total. The van der Waals surface area contributed by atoms with E-state index in [1.165, 1.54) is 6.07 Å². The quantitative estimate of drug-likeness (QED) is 0.641. The van der Waals surface area contributed by atoms with E-state index < -0.39 is 11.6 Å². The number of carbonyl (C=O) groups excluding carboxylic acids is 1. The van der Waals surface area contributed by atoms with E-state index >= 15 is 0 Å². The van der Waals surface area contributed by atoms with Gasteiger partial charge in [-0.25, -0.2) is 8.78 Å². The van der Waals surface area contributed by atoms with Crippen LogP contribution in [0.3, 0.4) is 0 Å². The first-order valence-corrected chi connectivity index (χ1v) is 7.40. The molecule has 0 unspecified atom stereocenters. The number of aryl methyl sites for hydroxylation is 1. The van der Waals surface area contributed by atoms with Crippen LogP contribution in [0, 0.1) is 18.6 Å². The molecule has 2 rings (SSSR count). The average Bonchev–Trinajstić information content (AvgIpc) is 2.38. The van der Waals surface area contributed by atoms with Crippen LogP contribution in [-0.2, 0) is 6.42 Å². The van der Waals surface area contributed by atoms with Gasteiger partial charge in [-0.1, -0.05) is 37.9 Å². The monoisotopic (exact) mass is 402 g/mol. The Morgan fingerprint density at radius 2 is 1.75 bits per heavy atom. The molecule has 0 aliphatic heterocycles. The van der Waals surface area contributed by atoms with Crippen molar-refractivity contribution in [3.8, 4) is 0 Å². The second-order valence-corrected chi connectivity index (χ2v) is 6.14. The van der Waals surface area contributed by atoms with Crippen LogP contribution in [0.1, 0.15) is 21.5 Å². The number of hydrogen-bond donors (Lipinski definition) is 0. The molecule has 20 heavy (non-hydrogen) atoms. The van der Waals surface area contributed by atoms with E-state index in [1.54, 1.807) is 6.07 Å². The molecular formula is C15H10Br2F2O. The Kier molecular flexibility index (Phi) is 4.70. The average molecular weight is 404 g/mol. The van der Waals surface area contributed by atoms with Crippen LogP contribution < -0.4 is 0 Å². The largest absolute Gasteiger partial charge is 0.294 e. The summed E-state index contributed by atoms with van der Waals surface area (Å²) in [6.07, 6.45) is 0.0191. The molecule has 0 aliphatic rings. The summed E-state index contributed by atoms with van der Waals surface area (Å²) in [6, 6.07) is 7.04. The Morgan fingerprint density at radius 1 is 1.05 bits per heavy atom. The zero-order valence-electron chi connectivity index (χ0n) is 10.5. The fraction of sp³-hybridized carbons (Fsp3) is 0.133. The minimum atomic E-state index is -0.945. The Hall–Kier alpha value is -1.07. The lowest BCUT2D eigenvalue weighted by Crippen LogP contribution is -2.05. The highest BCUT2D eigenvalue weighted by molar-refractivity contribution is 9.11. The molecule has 0 N–H and O–H groups in total. The van der Waals surface area contributed by atoms with E-state index in [9.17, 15) is 13.6 Å². The van der Waals surface area contributed by atoms with Crippen LogP contribution in [0.5, 0.6) is 0 Å². The SMILES string of the molecule is Cc1cc(Br)c(C(=O)Cc2ccc(F)c(F)c2)cc1Br. The fourth-order valence-corrected chi connectivity index (χ4v) is 2.81. The van der Waals surface area contributed by atoms with E-state index in [4.69, 9.17) is 0 Å². The van der Waals surface area contributed by atoms with Crippen LogP contribution in [-0.4, -0.2) is 5.78 Å². The summed E-state index contributed by atoms with van der Waals surface area (Å²) >= 11 is 6.72. The summed E-state index contributed by atoms with van der Waals surface area (Å²) in [5.41, 5.74) is 1.95. The molecule has 0 fully saturated rings. The lowest BCUT2D eigenvalue weighted by molar-refractivity contribution is 0.0992. The molecule has 0 spiro atoms. The van der Waals surface area contributed by atoms with Crippen molar-refractivity contribution in [2.45, 2.75) is 13.3 Å². The van der Waals surface area contributed by atoms with E-state index in [1.807, 2.05) is 13.0 Å². The molecule has 0 radical (unpaired) electrons. The number of rotatable bonds is 3. The van der Waals surface area contributed by atoms with E-state index in [0.717, 1.165) is 22.2 Å². The lowest BCUT2D eigenvalue weighted by Gasteiger charge is -2.07. The van der Waals surface area contributed by atoms with Crippen LogP contribution in [0.15, 0.2) is 39.3 Å². The number of hydrogen-bond acceptors (Lipinski definition) is 1. The van der Waals surface area contributed by atoms with E-state index in [2.05, 4.69) is 31.9 Å². The Balaban J connectivity index is 2.28. The normalized spacial score (nSPS) is 10.7. The fourth-order valence-electron chi connectivity index (χ4n) is 1.79. The molecule has 0 heterocycles. The van der Waals surface area contributed by atoms with Gasteiger partial charge >= 0.3 is 0 Å². The maximum Gasteiger partial charge on any atom is 0.168 e. The third-order valence-electron chi connectivity index (χ3n) is 2.90. The molecule has 0 aliphatic carbocycles. The molecular weight excluding hydrogens is 394 g/mol. The molecule has 0 saturated carbocycles. The van der Waals surface area contributed by atoms with Gasteiger partial charge in [-0.3, -0.25) is 4.79 Å². The summed E-state index contributed by atoms with van der Waals surface area (Å²) in [5.74, 6) is -2.02. The van der Waals surface area contributed by atoms with Gasteiger partial charge in [0.25, 0.3) is 0 Å². The zero-order chi connectivity index (χ0) is 14.9. The second kappa shape index (κ2) is 6.14. The number of halogens is 4. The van der Waals surface area contributed by atoms with Crippen LogP contribution >= 0.6 is 31.9 Å². The van der Waals surface area contributed by atoms with E-state index in [-0.39, 0.29) is 12.2 Å². The molecule has 0 atom stereocenters. The molecule has 0 amide bonds. The van der Waals surface area contributed by atoms with Gasteiger partial charge in [-0.05, 0) is 42.3 Å². The molecule has 0 bridgehead atoms. The van der Waals surface area contributed by atoms with Crippen LogP contribution in [0.2, 0.25) is 0 Å². The first-order chi connectivity index (χ1) is 9.38. The molecule has 0 saturated heterocycles. The highest BCUT2D eigenvalue weighted by Gasteiger charge is 2.14. The molecule has 5 heteroatoms. The summed E-state index contributed by atoms with van der Waals surface area (Å²) in [6.45, 7) is 1.92. The first-order valence-electron chi connectivity index (χ1n) is 5.81. The number of ketones is 1. The standard InChI is InChI=1S/C15H10Br2F2O/c1-8-4-12(17)10(7-11(8)16)15(20)6-9-2-3-13(18)14(19)5-9/h2-5,7H,6H2,1H3. The topological polar surface area (TPSA) is 17.1 Å². The van der Waals surface area contributed by atoms with Crippen molar-refractivity contribution in [1.82, 2.24) is 0 Å². The number of Topliss-reactive ketones (excluding diaryl/α,β-unsaturated/α-hetero) is 1. The predicted octanol–water partition coefficient (Wildman–Crippen LogP) is 5.22. The minimum Gasteiger partial charge on any atom is -0.294 e. The highest BCUT2D eigenvalue weighted by Crippen LogP contribution is 2.26. The van der Waals surface area contributed by atoms with Crippen molar-refractivity contribution in [1.29, 1.82) is 0 Å². The van der Waals surface area contributed by atoms with Gasteiger partial charge in [0.15, 0.2) is 17.4 Å². The molecule has 2 aromatic rings. The predicted molar refractivity (Wildman–Crippen MR) is 81.0 cm³/mol. The van der Waals surface area contributed by atoms with Gasteiger partial charge in [0, 0.05) is 20.9 Å². The van der Waals surface area contributed by atoms with Gasteiger partial charge in [-0.2, -0.15) is 0 Å². The third-order valence-corrected chi connectivity index (χ3v) is 4.41. The van der Waals surface area contributed by atoms with Gasteiger partial charge < -0.3 is 0 Å². The van der Waals surface area contributed by atoms with Crippen molar-refractivity contribution < 1.29 is 13.6 Å². The lowest BCUT2D eigenvalue weighted by atomic mass is 10.0. The van der Waals surface area contributed by atoms with Crippen LogP contribution in [0.25, 0.3) is 0 Å². The van der Waals surface area contributed by atoms with Crippen molar-refractivity contribution in [3.63, 3.8) is 0 Å². The van der Waals surface area contributed by atoms with Crippen molar-refractivity contribution in [2.75, 3.05) is 0 Å². The maximum absolute atomic E-state index is 13.1. The van der Waals surface area contributed by atoms with Gasteiger partial charge in [0.1, 0.15) is 0 Å².